The van der Waals surface area contributed by atoms with E-state index in [4.69, 9.17) is 4.52 Å². The SMILES string of the molecule is CCCc1noc(-c2cnc(C)nc2N2CCCC(C(=O)Nc3nc(C)cs3)C2)n1. The van der Waals surface area contributed by atoms with Gasteiger partial charge in [0.25, 0.3) is 5.89 Å². The number of hydrogen-bond acceptors (Lipinski definition) is 9. The van der Waals surface area contributed by atoms with Gasteiger partial charge in [-0.15, -0.1) is 11.3 Å². The van der Waals surface area contributed by atoms with E-state index in [1.54, 1.807) is 6.20 Å². The van der Waals surface area contributed by atoms with E-state index in [2.05, 4.69) is 42.2 Å². The Morgan fingerprint density at radius 2 is 2.20 bits per heavy atom. The Hall–Kier alpha value is -2.88. The highest BCUT2D eigenvalue weighted by atomic mass is 32.1. The highest BCUT2D eigenvalue weighted by Crippen LogP contribution is 2.31. The summed E-state index contributed by atoms with van der Waals surface area (Å²) in [6.45, 7) is 7.21. The minimum absolute atomic E-state index is 0.00981. The summed E-state index contributed by atoms with van der Waals surface area (Å²) in [5.74, 6) is 2.32. The molecule has 9 nitrogen and oxygen atoms in total. The molecule has 0 radical (unpaired) electrons. The molecule has 30 heavy (non-hydrogen) atoms. The van der Waals surface area contributed by atoms with Crippen LogP contribution < -0.4 is 10.2 Å². The summed E-state index contributed by atoms with van der Waals surface area (Å²) in [6.07, 6.45) is 5.14. The van der Waals surface area contributed by atoms with Crippen molar-refractivity contribution in [2.24, 2.45) is 5.92 Å². The van der Waals surface area contributed by atoms with E-state index in [-0.39, 0.29) is 11.8 Å². The maximum Gasteiger partial charge on any atom is 0.263 e. The number of piperidine rings is 1. The molecule has 0 saturated carbocycles. The van der Waals surface area contributed by atoms with Crippen molar-refractivity contribution in [2.75, 3.05) is 23.3 Å². The van der Waals surface area contributed by atoms with Gasteiger partial charge in [-0.1, -0.05) is 12.1 Å². The van der Waals surface area contributed by atoms with Crippen molar-refractivity contribution in [3.05, 3.63) is 28.9 Å². The number of thiazole rings is 1. The molecule has 1 fully saturated rings. The van der Waals surface area contributed by atoms with Crippen LogP contribution in [0.1, 0.15) is 43.5 Å². The van der Waals surface area contributed by atoms with Crippen LogP contribution >= 0.6 is 11.3 Å². The Labute approximate surface area is 179 Å². The smallest absolute Gasteiger partial charge is 0.263 e. The van der Waals surface area contributed by atoms with Crippen LogP contribution in [0.3, 0.4) is 0 Å². The molecule has 10 heteroatoms. The van der Waals surface area contributed by atoms with Crippen molar-refractivity contribution in [2.45, 2.75) is 46.5 Å². The van der Waals surface area contributed by atoms with Gasteiger partial charge in [-0.2, -0.15) is 4.98 Å². The lowest BCUT2D eigenvalue weighted by Crippen LogP contribution is -2.41. The van der Waals surface area contributed by atoms with Crippen LogP contribution in [0.5, 0.6) is 0 Å². The molecule has 0 aromatic carbocycles. The first-order valence-electron chi connectivity index (χ1n) is 10.2. The molecule has 0 aliphatic carbocycles. The summed E-state index contributed by atoms with van der Waals surface area (Å²) in [4.78, 5) is 32.7. The first-order chi connectivity index (χ1) is 14.5. The molecular formula is C20H25N7O2S. The zero-order chi connectivity index (χ0) is 21.1. The first-order valence-corrected chi connectivity index (χ1v) is 11.1. The summed E-state index contributed by atoms with van der Waals surface area (Å²) >= 11 is 1.44. The number of carbonyl (C=O) groups is 1. The van der Waals surface area contributed by atoms with Gasteiger partial charge in [0.15, 0.2) is 11.0 Å². The molecule has 1 saturated heterocycles. The highest BCUT2D eigenvalue weighted by molar-refractivity contribution is 7.13. The highest BCUT2D eigenvalue weighted by Gasteiger charge is 2.29. The largest absolute Gasteiger partial charge is 0.355 e. The Bertz CT molecular complexity index is 1030. The molecule has 4 heterocycles. The van der Waals surface area contributed by atoms with Gasteiger partial charge < -0.3 is 14.7 Å². The number of amides is 1. The molecule has 1 N–H and O–H groups in total. The number of carbonyl (C=O) groups excluding carboxylic acids is 1. The van der Waals surface area contributed by atoms with Crippen LogP contribution in [0.4, 0.5) is 10.9 Å². The molecule has 1 atom stereocenters. The van der Waals surface area contributed by atoms with Gasteiger partial charge in [0.05, 0.1) is 11.6 Å². The van der Waals surface area contributed by atoms with E-state index in [1.807, 2.05) is 19.2 Å². The Morgan fingerprint density at radius 1 is 1.33 bits per heavy atom. The molecule has 1 aliphatic rings. The number of nitrogens with zero attached hydrogens (tertiary/aromatic N) is 6. The number of nitrogens with one attached hydrogen (secondary N) is 1. The number of hydrogen-bond donors (Lipinski definition) is 1. The van der Waals surface area contributed by atoms with E-state index in [0.29, 0.717) is 34.8 Å². The van der Waals surface area contributed by atoms with E-state index < -0.39 is 0 Å². The second-order valence-electron chi connectivity index (χ2n) is 7.49. The summed E-state index contributed by atoms with van der Waals surface area (Å²) in [5.41, 5.74) is 1.61. The number of aromatic nitrogens is 5. The lowest BCUT2D eigenvalue weighted by Gasteiger charge is -2.33. The van der Waals surface area contributed by atoms with Gasteiger partial charge in [-0.05, 0) is 33.1 Å². The Morgan fingerprint density at radius 3 is 2.97 bits per heavy atom. The van der Waals surface area contributed by atoms with Crippen LogP contribution in [-0.4, -0.2) is 44.1 Å². The number of aryl methyl sites for hydroxylation is 3. The third-order valence-corrected chi connectivity index (χ3v) is 5.88. The van der Waals surface area contributed by atoms with Crippen LogP contribution in [-0.2, 0) is 11.2 Å². The van der Waals surface area contributed by atoms with Crippen molar-refractivity contribution in [1.82, 2.24) is 25.1 Å². The fourth-order valence-electron chi connectivity index (χ4n) is 3.54. The standard InChI is InChI=1S/C20H25N7O2S/c1-4-6-16-24-19(29-26-16)15-9-21-13(3)23-17(15)27-8-5-7-14(10-27)18(28)25-20-22-12(2)11-30-20/h9,11,14H,4-8,10H2,1-3H3,(H,22,25,28). The van der Waals surface area contributed by atoms with E-state index in [1.165, 1.54) is 11.3 Å². The first kappa shape index (κ1) is 20.4. The third kappa shape index (κ3) is 4.48. The predicted molar refractivity (Wildman–Crippen MR) is 114 cm³/mol. The summed E-state index contributed by atoms with van der Waals surface area (Å²) in [7, 11) is 0. The lowest BCUT2D eigenvalue weighted by atomic mass is 9.97. The summed E-state index contributed by atoms with van der Waals surface area (Å²) < 4.78 is 5.48. The monoisotopic (exact) mass is 427 g/mol. The van der Waals surface area contributed by atoms with Gasteiger partial charge in [-0.3, -0.25) is 4.79 Å². The van der Waals surface area contributed by atoms with Gasteiger partial charge in [0.2, 0.25) is 5.91 Å². The molecule has 1 aliphatic heterocycles. The minimum Gasteiger partial charge on any atom is -0.355 e. The molecule has 0 spiro atoms. The molecule has 1 amide bonds. The third-order valence-electron chi connectivity index (χ3n) is 5.00. The Balaban J connectivity index is 1.55. The minimum atomic E-state index is -0.149. The van der Waals surface area contributed by atoms with Gasteiger partial charge in [0.1, 0.15) is 17.2 Å². The normalized spacial score (nSPS) is 16.6. The Kier molecular flexibility index (Phi) is 6.03. The van der Waals surface area contributed by atoms with Crippen LogP contribution in [0.2, 0.25) is 0 Å². The number of rotatable bonds is 6. The second kappa shape index (κ2) is 8.86. The maximum absolute atomic E-state index is 12.8. The fraction of sp³-hybridized carbons (Fsp3) is 0.500. The van der Waals surface area contributed by atoms with E-state index in [9.17, 15) is 4.79 Å². The zero-order valence-corrected chi connectivity index (χ0v) is 18.2. The van der Waals surface area contributed by atoms with E-state index in [0.717, 1.165) is 43.7 Å². The molecule has 3 aromatic heterocycles. The van der Waals surface area contributed by atoms with E-state index >= 15 is 0 Å². The van der Waals surface area contributed by atoms with Gasteiger partial charge >= 0.3 is 0 Å². The van der Waals surface area contributed by atoms with Crippen molar-refractivity contribution in [3.8, 4) is 11.5 Å². The molecular weight excluding hydrogens is 402 g/mol. The average molecular weight is 428 g/mol. The lowest BCUT2D eigenvalue weighted by molar-refractivity contribution is -0.120. The van der Waals surface area contributed by atoms with Crippen LogP contribution in [0, 0.1) is 19.8 Å². The summed E-state index contributed by atoms with van der Waals surface area (Å²) in [6, 6.07) is 0. The predicted octanol–water partition coefficient (Wildman–Crippen LogP) is 3.41. The molecule has 1 unspecified atom stereocenters. The zero-order valence-electron chi connectivity index (χ0n) is 17.4. The number of anilines is 2. The molecule has 0 bridgehead atoms. The molecule has 4 rings (SSSR count). The molecule has 3 aromatic rings. The van der Waals surface area contributed by atoms with Gasteiger partial charge in [-0.25, -0.2) is 15.0 Å². The van der Waals surface area contributed by atoms with Crippen LogP contribution in [0.25, 0.3) is 11.5 Å². The molecule has 158 valence electrons. The quantitative estimate of drug-likeness (QED) is 0.637. The maximum atomic E-state index is 12.8. The van der Waals surface area contributed by atoms with Crippen molar-refractivity contribution in [1.29, 1.82) is 0 Å². The van der Waals surface area contributed by atoms with Crippen molar-refractivity contribution >= 4 is 28.2 Å². The second-order valence-corrected chi connectivity index (χ2v) is 8.35. The van der Waals surface area contributed by atoms with Crippen molar-refractivity contribution < 1.29 is 9.32 Å². The average Bonchev–Trinajstić information content (AvgIpc) is 3.37. The summed E-state index contributed by atoms with van der Waals surface area (Å²) in [5, 5.41) is 9.57. The fourth-order valence-corrected chi connectivity index (χ4v) is 4.23. The van der Waals surface area contributed by atoms with Crippen molar-refractivity contribution in [3.63, 3.8) is 0 Å². The van der Waals surface area contributed by atoms with Crippen LogP contribution in [0.15, 0.2) is 16.1 Å². The topological polar surface area (TPSA) is 110 Å². The van der Waals surface area contributed by atoms with Gasteiger partial charge in [0, 0.05) is 31.1 Å².